The highest BCUT2D eigenvalue weighted by Crippen LogP contribution is 2.38. The maximum Gasteiger partial charge on any atom is 0.0631 e. The summed E-state index contributed by atoms with van der Waals surface area (Å²) in [5, 5.41) is 10.1. The summed E-state index contributed by atoms with van der Waals surface area (Å²) >= 11 is 0. The molecule has 0 heterocycles. The van der Waals surface area contributed by atoms with Crippen molar-refractivity contribution in [2.45, 2.75) is 39.2 Å². The molecular formula is C11H23NO. The van der Waals surface area contributed by atoms with Gasteiger partial charge in [-0.3, -0.25) is 0 Å². The van der Waals surface area contributed by atoms with E-state index in [-0.39, 0.29) is 11.5 Å². The van der Waals surface area contributed by atoms with Gasteiger partial charge in [-0.25, -0.2) is 0 Å². The highest BCUT2D eigenvalue weighted by Gasteiger charge is 2.37. The van der Waals surface area contributed by atoms with Gasteiger partial charge in [-0.2, -0.15) is 0 Å². The summed E-state index contributed by atoms with van der Waals surface area (Å²) in [5.41, 5.74) is 0.124. The lowest BCUT2D eigenvalue weighted by atomic mass is 9.69. The highest BCUT2D eigenvalue weighted by atomic mass is 16.3. The smallest absolute Gasteiger partial charge is 0.0631 e. The number of hydrogen-bond donors (Lipinski definition) is 1. The number of hydrogen-bond acceptors (Lipinski definition) is 2. The first-order valence-electron chi connectivity index (χ1n) is 5.26. The summed E-state index contributed by atoms with van der Waals surface area (Å²) in [6.45, 7) is 5.38. The van der Waals surface area contributed by atoms with Gasteiger partial charge in [0.1, 0.15) is 0 Å². The van der Waals surface area contributed by atoms with E-state index in [0.717, 1.165) is 13.0 Å². The summed E-state index contributed by atoms with van der Waals surface area (Å²) in [6.07, 6.45) is 3.49. The fourth-order valence-corrected chi connectivity index (χ4v) is 2.42. The first kappa shape index (κ1) is 11.0. The molecule has 0 aromatic rings. The fourth-order valence-electron chi connectivity index (χ4n) is 2.42. The van der Waals surface area contributed by atoms with Crippen LogP contribution in [-0.4, -0.2) is 36.8 Å². The lowest BCUT2D eigenvalue weighted by Crippen LogP contribution is -2.43. The van der Waals surface area contributed by atoms with Gasteiger partial charge in [0.05, 0.1) is 6.10 Å². The quantitative estimate of drug-likeness (QED) is 0.708. The molecule has 1 aliphatic carbocycles. The van der Waals surface area contributed by atoms with Gasteiger partial charge in [-0.05, 0) is 38.3 Å². The zero-order chi connectivity index (χ0) is 10.1. The van der Waals surface area contributed by atoms with Crippen molar-refractivity contribution in [3.8, 4) is 0 Å². The third kappa shape index (κ3) is 2.68. The Bertz CT molecular complexity index is 165. The zero-order valence-electron chi connectivity index (χ0n) is 9.38. The second-order valence-electron chi connectivity index (χ2n) is 5.35. The Morgan fingerprint density at radius 1 is 1.38 bits per heavy atom. The lowest BCUT2D eigenvalue weighted by Gasteiger charge is -2.41. The SMILES string of the molecule is CN(C)CC1CCCC(C)(C)C1O. The van der Waals surface area contributed by atoms with Crippen molar-refractivity contribution in [2.75, 3.05) is 20.6 Å². The van der Waals surface area contributed by atoms with Crippen molar-refractivity contribution >= 4 is 0 Å². The molecule has 0 aliphatic heterocycles. The third-order valence-electron chi connectivity index (χ3n) is 3.24. The minimum atomic E-state index is -0.122. The van der Waals surface area contributed by atoms with Crippen LogP contribution in [0, 0.1) is 11.3 Å². The maximum absolute atomic E-state index is 10.1. The molecule has 0 amide bonds. The second kappa shape index (κ2) is 3.97. The molecule has 2 atom stereocenters. The van der Waals surface area contributed by atoms with Crippen molar-refractivity contribution in [1.82, 2.24) is 4.90 Å². The minimum Gasteiger partial charge on any atom is -0.392 e. The summed E-state index contributed by atoms with van der Waals surface area (Å²) < 4.78 is 0. The van der Waals surface area contributed by atoms with Crippen molar-refractivity contribution in [3.63, 3.8) is 0 Å². The average molecular weight is 185 g/mol. The van der Waals surface area contributed by atoms with Crippen LogP contribution in [0.4, 0.5) is 0 Å². The van der Waals surface area contributed by atoms with Gasteiger partial charge < -0.3 is 10.0 Å². The van der Waals surface area contributed by atoms with E-state index < -0.39 is 0 Å². The van der Waals surface area contributed by atoms with Crippen LogP contribution < -0.4 is 0 Å². The van der Waals surface area contributed by atoms with Crippen molar-refractivity contribution in [1.29, 1.82) is 0 Å². The van der Waals surface area contributed by atoms with Crippen molar-refractivity contribution < 1.29 is 5.11 Å². The molecule has 0 bridgehead atoms. The Morgan fingerprint density at radius 3 is 2.54 bits per heavy atom. The molecule has 0 radical (unpaired) electrons. The predicted octanol–water partition coefficient (Wildman–Crippen LogP) is 1.74. The van der Waals surface area contributed by atoms with Crippen LogP contribution in [0.15, 0.2) is 0 Å². The second-order valence-corrected chi connectivity index (χ2v) is 5.35. The van der Waals surface area contributed by atoms with E-state index in [1.807, 2.05) is 0 Å². The lowest BCUT2D eigenvalue weighted by molar-refractivity contribution is -0.0391. The Labute approximate surface area is 81.9 Å². The molecule has 0 spiro atoms. The molecule has 1 N–H and O–H groups in total. The molecule has 0 aromatic heterocycles. The van der Waals surface area contributed by atoms with E-state index in [4.69, 9.17) is 0 Å². The van der Waals surface area contributed by atoms with Crippen LogP contribution in [-0.2, 0) is 0 Å². The summed E-state index contributed by atoms with van der Waals surface area (Å²) in [7, 11) is 4.16. The van der Waals surface area contributed by atoms with Gasteiger partial charge in [-0.15, -0.1) is 0 Å². The molecule has 13 heavy (non-hydrogen) atoms. The maximum atomic E-state index is 10.1. The molecule has 0 aromatic carbocycles. The molecule has 1 rings (SSSR count). The standard InChI is InChI=1S/C11H23NO/c1-11(2)7-5-6-9(10(11)13)8-12(3)4/h9-10,13H,5-8H2,1-4H3. The van der Waals surface area contributed by atoms with Gasteiger partial charge in [-0.1, -0.05) is 20.3 Å². The highest BCUT2D eigenvalue weighted by molar-refractivity contribution is 4.88. The van der Waals surface area contributed by atoms with Crippen LogP contribution in [0.1, 0.15) is 33.1 Å². The molecule has 0 saturated heterocycles. The Morgan fingerprint density at radius 2 is 2.00 bits per heavy atom. The van der Waals surface area contributed by atoms with Gasteiger partial charge in [0, 0.05) is 6.54 Å². The number of nitrogens with zero attached hydrogens (tertiary/aromatic N) is 1. The number of aliphatic hydroxyl groups excluding tert-OH is 1. The summed E-state index contributed by atoms with van der Waals surface area (Å²) in [6, 6.07) is 0. The van der Waals surface area contributed by atoms with Crippen LogP contribution in [0.5, 0.6) is 0 Å². The number of aliphatic hydroxyl groups is 1. The van der Waals surface area contributed by atoms with Gasteiger partial charge >= 0.3 is 0 Å². The fraction of sp³-hybridized carbons (Fsp3) is 1.00. The van der Waals surface area contributed by atoms with Gasteiger partial charge in [0.2, 0.25) is 0 Å². The van der Waals surface area contributed by atoms with E-state index >= 15 is 0 Å². The first-order valence-corrected chi connectivity index (χ1v) is 5.26. The molecule has 78 valence electrons. The topological polar surface area (TPSA) is 23.5 Å². The molecule has 1 aliphatic rings. The van der Waals surface area contributed by atoms with Gasteiger partial charge in [0.25, 0.3) is 0 Å². The van der Waals surface area contributed by atoms with Crippen molar-refractivity contribution in [2.24, 2.45) is 11.3 Å². The Balaban J connectivity index is 2.55. The van der Waals surface area contributed by atoms with Crippen LogP contribution in [0.3, 0.4) is 0 Å². The van der Waals surface area contributed by atoms with E-state index in [1.165, 1.54) is 12.8 Å². The average Bonchev–Trinajstić information content (AvgIpc) is 1.98. The van der Waals surface area contributed by atoms with E-state index in [0.29, 0.717) is 5.92 Å². The van der Waals surface area contributed by atoms with Crippen LogP contribution in [0.25, 0.3) is 0 Å². The number of rotatable bonds is 2. The minimum absolute atomic E-state index is 0.122. The molecule has 2 nitrogen and oxygen atoms in total. The molecule has 2 heteroatoms. The van der Waals surface area contributed by atoms with Gasteiger partial charge in [0.15, 0.2) is 0 Å². The molecule has 2 unspecified atom stereocenters. The normalized spacial score (nSPS) is 33.7. The summed E-state index contributed by atoms with van der Waals surface area (Å²) in [5.74, 6) is 0.471. The third-order valence-corrected chi connectivity index (χ3v) is 3.24. The van der Waals surface area contributed by atoms with Crippen LogP contribution >= 0.6 is 0 Å². The predicted molar refractivity (Wildman–Crippen MR) is 55.7 cm³/mol. The van der Waals surface area contributed by atoms with E-state index in [9.17, 15) is 5.11 Å². The zero-order valence-corrected chi connectivity index (χ0v) is 9.38. The van der Waals surface area contributed by atoms with Crippen LogP contribution in [0.2, 0.25) is 0 Å². The molecule has 1 saturated carbocycles. The molecule has 1 fully saturated rings. The van der Waals surface area contributed by atoms with E-state index in [1.54, 1.807) is 0 Å². The molecular weight excluding hydrogens is 162 g/mol. The Kier molecular flexibility index (Phi) is 3.36. The van der Waals surface area contributed by atoms with Crippen molar-refractivity contribution in [3.05, 3.63) is 0 Å². The Hall–Kier alpha value is -0.0800. The monoisotopic (exact) mass is 185 g/mol. The van der Waals surface area contributed by atoms with E-state index in [2.05, 4.69) is 32.8 Å². The summed E-state index contributed by atoms with van der Waals surface area (Å²) in [4.78, 5) is 2.18. The largest absolute Gasteiger partial charge is 0.392 e. The first-order chi connectivity index (χ1) is 5.93.